The third-order valence-electron chi connectivity index (χ3n) is 4.50. The molecule has 132 valence electrons. The highest BCUT2D eigenvalue weighted by molar-refractivity contribution is 8.61. The first-order chi connectivity index (χ1) is 13.3. The summed E-state index contributed by atoms with van der Waals surface area (Å²) in [5, 5.41) is 5.25. The average molecular weight is 402 g/mol. The minimum Gasteiger partial charge on any atom is -0.0821 e. The van der Waals surface area contributed by atoms with E-state index < -0.39 is 13.3 Å². The third kappa shape index (κ3) is 3.69. The second-order valence-corrected chi connectivity index (χ2v) is 15.5. The van der Waals surface area contributed by atoms with E-state index in [4.69, 9.17) is 11.8 Å². The van der Waals surface area contributed by atoms with Crippen LogP contribution in [0.25, 0.3) is 0 Å². The number of rotatable bonds is 5. The Balaban J connectivity index is 2.03. The van der Waals surface area contributed by atoms with Crippen molar-refractivity contribution in [2.24, 2.45) is 0 Å². The number of benzene rings is 4. The Kier molecular flexibility index (Phi) is 5.65. The van der Waals surface area contributed by atoms with E-state index in [0.29, 0.717) is 0 Å². The van der Waals surface area contributed by atoms with Crippen LogP contribution in [-0.4, -0.2) is 0 Å². The van der Waals surface area contributed by atoms with E-state index >= 15 is 0 Å². The van der Waals surface area contributed by atoms with E-state index in [9.17, 15) is 0 Å². The molecule has 0 aromatic heterocycles. The van der Waals surface area contributed by atoms with Gasteiger partial charge < -0.3 is 0 Å². The van der Waals surface area contributed by atoms with Crippen LogP contribution in [0.3, 0.4) is 0 Å². The zero-order valence-corrected chi connectivity index (χ0v) is 17.5. The van der Waals surface area contributed by atoms with Crippen molar-refractivity contribution in [2.75, 3.05) is 0 Å². The molecule has 0 spiro atoms. The molecule has 0 unspecified atom stereocenters. The fourth-order valence-corrected chi connectivity index (χ4v) is 14.4. The van der Waals surface area contributed by atoms with E-state index in [0.717, 1.165) is 0 Å². The first-order valence-electron chi connectivity index (χ1n) is 8.92. The van der Waals surface area contributed by atoms with Crippen LogP contribution in [0, 0.1) is 0 Å². The smallest absolute Gasteiger partial charge is 0.0402 e. The molecule has 3 heteroatoms. The van der Waals surface area contributed by atoms with Crippen molar-refractivity contribution >= 4 is 46.4 Å². The van der Waals surface area contributed by atoms with Crippen molar-refractivity contribution in [3.63, 3.8) is 0 Å². The summed E-state index contributed by atoms with van der Waals surface area (Å²) in [4.78, 5) is 0. The SMILES string of the molecule is S=P(c1ccccc1)(c1ccccc1)P(c1ccccc1)c1ccccc1. The maximum absolute atomic E-state index is 6.66. The Morgan fingerprint density at radius 1 is 0.444 bits per heavy atom. The normalized spacial score (nSPS) is 11.4. The summed E-state index contributed by atoms with van der Waals surface area (Å²) in [5.74, 6) is 0. The molecule has 0 saturated carbocycles. The zero-order valence-electron chi connectivity index (χ0n) is 14.8. The van der Waals surface area contributed by atoms with Gasteiger partial charge in [-0.3, -0.25) is 0 Å². The van der Waals surface area contributed by atoms with E-state index in [1.165, 1.54) is 21.2 Å². The Labute approximate surface area is 167 Å². The number of hydrogen-bond donors (Lipinski definition) is 0. The van der Waals surface area contributed by atoms with Crippen LogP contribution in [0.15, 0.2) is 121 Å². The summed E-state index contributed by atoms with van der Waals surface area (Å²) in [7, 11) is -0.723. The lowest BCUT2D eigenvalue weighted by atomic mass is 10.4. The Morgan fingerprint density at radius 3 is 1.07 bits per heavy atom. The zero-order chi connectivity index (χ0) is 18.5. The topological polar surface area (TPSA) is 0 Å². The molecule has 0 nitrogen and oxygen atoms in total. The summed E-state index contributed by atoms with van der Waals surface area (Å²) >= 11 is 6.66. The van der Waals surface area contributed by atoms with Gasteiger partial charge in [0.1, 0.15) is 0 Å². The van der Waals surface area contributed by atoms with Crippen LogP contribution in [0.1, 0.15) is 0 Å². The first-order valence-corrected chi connectivity index (χ1v) is 13.8. The average Bonchev–Trinajstić information content (AvgIpc) is 2.76. The summed E-state index contributed by atoms with van der Waals surface area (Å²) in [6.45, 7) is 0. The van der Waals surface area contributed by atoms with E-state index in [1.54, 1.807) is 0 Å². The summed E-state index contributed by atoms with van der Waals surface area (Å²) in [6.07, 6.45) is 0. The fourth-order valence-electron chi connectivity index (χ4n) is 3.25. The molecule has 0 bridgehead atoms. The lowest BCUT2D eigenvalue weighted by molar-refractivity contribution is 1.75. The molecule has 4 aromatic carbocycles. The van der Waals surface area contributed by atoms with Gasteiger partial charge in [-0.1, -0.05) is 133 Å². The van der Waals surface area contributed by atoms with Crippen molar-refractivity contribution in [1.29, 1.82) is 0 Å². The summed E-state index contributed by atoms with van der Waals surface area (Å²) in [5.41, 5.74) is -2.08. The molecular weight excluding hydrogens is 382 g/mol. The molecule has 0 fully saturated rings. The number of hydrogen-bond acceptors (Lipinski definition) is 1. The van der Waals surface area contributed by atoms with Crippen molar-refractivity contribution in [3.8, 4) is 0 Å². The van der Waals surface area contributed by atoms with Crippen molar-refractivity contribution in [3.05, 3.63) is 121 Å². The van der Waals surface area contributed by atoms with Crippen LogP contribution >= 0.6 is 13.3 Å². The minimum absolute atomic E-state index is 0.723. The van der Waals surface area contributed by atoms with Crippen molar-refractivity contribution in [2.45, 2.75) is 0 Å². The third-order valence-corrected chi connectivity index (χ3v) is 15.8. The molecular formula is C24H20P2S. The van der Waals surface area contributed by atoms with Crippen molar-refractivity contribution < 1.29 is 0 Å². The van der Waals surface area contributed by atoms with Gasteiger partial charge in [0.2, 0.25) is 0 Å². The predicted octanol–water partition coefficient (Wildman–Crippen LogP) is 5.16. The molecule has 27 heavy (non-hydrogen) atoms. The summed E-state index contributed by atoms with van der Waals surface area (Å²) < 4.78 is 0. The quantitative estimate of drug-likeness (QED) is 0.415. The van der Waals surface area contributed by atoms with E-state index in [2.05, 4.69) is 121 Å². The van der Waals surface area contributed by atoms with Crippen LogP contribution in [-0.2, 0) is 11.8 Å². The summed E-state index contributed by atoms with van der Waals surface area (Å²) in [6, 6.07) is 43.1. The van der Waals surface area contributed by atoms with E-state index in [-0.39, 0.29) is 0 Å². The van der Waals surface area contributed by atoms with Gasteiger partial charge in [0, 0.05) is 5.73 Å². The van der Waals surface area contributed by atoms with Gasteiger partial charge >= 0.3 is 0 Å². The highest BCUT2D eigenvalue weighted by atomic mass is 32.6. The van der Waals surface area contributed by atoms with Gasteiger partial charge in [-0.15, -0.1) is 0 Å². The van der Waals surface area contributed by atoms with Gasteiger partial charge in [-0.25, -0.2) is 0 Å². The standard InChI is InChI=1S/C24H20P2S/c27-26(23-17-9-3-10-18-23,24-19-11-4-12-20-24)25(21-13-5-1-6-14-21)22-15-7-2-8-16-22/h1-20H. The Bertz CT molecular complexity index is 950. The van der Waals surface area contributed by atoms with Gasteiger partial charge in [-0.2, -0.15) is 0 Å². The first kappa shape index (κ1) is 18.3. The van der Waals surface area contributed by atoms with Crippen LogP contribution in [0.2, 0.25) is 0 Å². The second-order valence-electron chi connectivity index (χ2n) is 6.23. The highest BCUT2D eigenvalue weighted by Crippen LogP contribution is 2.72. The van der Waals surface area contributed by atoms with Crippen LogP contribution < -0.4 is 21.2 Å². The van der Waals surface area contributed by atoms with Gasteiger partial charge in [0.15, 0.2) is 0 Å². The predicted molar refractivity (Wildman–Crippen MR) is 126 cm³/mol. The highest BCUT2D eigenvalue weighted by Gasteiger charge is 2.34. The molecule has 0 aliphatic heterocycles. The molecule has 4 aromatic rings. The van der Waals surface area contributed by atoms with Crippen LogP contribution in [0.5, 0.6) is 0 Å². The Morgan fingerprint density at radius 2 is 0.741 bits per heavy atom. The fraction of sp³-hybridized carbons (Fsp3) is 0. The monoisotopic (exact) mass is 402 g/mol. The molecule has 0 saturated heterocycles. The Hall–Kier alpha value is -2.04. The lowest BCUT2D eigenvalue weighted by Gasteiger charge is -2.33. The molecule has 4 rings (SSSR count). The molecule has 0 radical (unpaired) electrons. The molecule has 0 aliphatic rings. The maximum Gasteiger partial charge on any atom is 0.0402 e. The van der Waals surface area contributed by atoms with Crippen molar-refractivity contribution in [1.82, 2.24) is 0 Å². The molecule has 0 N–H and O–H groups in total. The van der Waals surface area contributed by atoms with Gasteiger partial charge in [0.25, 0.3) is 0 Å². The van der Waals surface area contributed by atoms with Gasteiger partial charge in [-0.05, 0) is 28.8 Å². The minimum atomic E-state index is -2.08. The van der Waals surface area contributed by atoms with Gasteiger partial charge in [0.05, 0.1) is 0 Å². The maximum atomic E-state index is 6.66. The molecule has 0 heterocycles. The molecule has 0 amide bonds. The van der Waals surface area contributed by atoms with E-state index in [1.807, 2.05) is 0 Å². The molecule has 0 aliphatic carbocycles. The van der Waals surface area contributed by atoms with Crippen LogP contribution in [0.4, 0.5) is 0 Å². The second kappa shape index (κ2) is 8.32. The molecule has 0 atom stereocenters. The lowest BCUT2D eigenvalue weighted by Crippen LogP contribution is -2.22. The largest absolute Gasteiger partial charge is 0.0821 e.